The highest BCUT2D eigenvalue weighted by atomic mass is 19.4. The van der Waals surface area contributed by atoms with Crippen molar-refractivity contribution in [2.45, 2.75) is 19.2 Å². The number of nitrogens with zero attached hydrogens (tertiary/aromatic N) is 2. The first-order valence-electron chi connectivity index (χ1n) is 6.85. The summed E-state index contributed by atoms with van der Waals surface area (Å²) in [6.07, 6.45) is -2.20. The Balaban J connectivity index is 1.97. The van der Waals surface area contributed by atoms with E-state index in [2.05, 4.69) is 9.72 Å². The zero-order valence-corrected chi connectivity index (χ0v) is 12.3. The van der Waals surface area contributed by atoms with Crippen LogP contribution in [0.1, 0.15) is 12.6 Å². The minimum atomic E-state index is -4.77. The Morgan fingerprint density at radius 2 is 1.54 bits per heavy atom. The van der Waals surface area contributed by atoms with Crippen LogP contribution in [0.5, 0.6) is 5.75 Å². The van der Waals surface area contributed by atoms with E-state index < -0.39 is 12.3 Å². The molecule has 0 saturated carbocycles. The molecule has 0 aliphatic heterocycles. The van der Waals surface area contributed by atoms with Crippen molar-refractivity contribution in [2.75, 3.05) is 0 Å². The van der Waals surface area contributed by atoms with Crippen molar-refractivity contribution in [1.29, 1.82) is 0 Å². The van der Waals surface area contributed by atoms with Crippen LogP contribution in [0.2, 0.25) is 0 Å². The van der Waals surface area contributed by atoms with Gasteiger partial charge >= 0.3 is 6.36 Å². The molecule has 0 spiro atoms. The van der Waals surface area contributed by atoms with Gasteiger partial charge in [0.25, 0.3) is 5.92 Å². The molecule has 0 aliphatic rings. The molecular formula is C16H11F5N2O. The second-order valence-corrected chi connectivity index (χ2v) is 5.25. The third-order valence-corrected chi connectivity index (χ3v) is 3.38. The number of benzene rings is 1. The normalized spacial score (nSPS) is 12.6. The van der Waals surface area contributed by atoms with Gasteiger partial charge in [0.1, 0.15) is 17.1 Å². The van der Waals surface area contributed by atoms with Crippen molar-refractivity contribution in [3.63, 3.8) is 0 Å². The Bertz CT molecular complexity index is 863. The molecule has 2 aromatic heterocycles. The third-order valence-electron chi connectivity index (χ3n) is 3.38. The lowest BCUT2D eigenvalue weighted by atomic mass is 10.1. The van der Waals surface area contributed by atoms with Gasteiger partial charge in [-0.25, -0.2) is 4.98 Å². The van der Waals surface area contributed by atoms with Crippen LogP contribution in [-0.2, 0) is 5.92 Å². The van der Waals surface area contributed by atoms with Crippen LogP contribution in [0.4, 0.5) is 22.0 Å². The number of alkyl halides is 5. The fourth-order valence-corrected chi connectivity index (χ4v) is 2.33. The Kier molecular flexibility index (Phi) is 3.70. The fourth-order valence-electron chi connectivity index (χ4n) is 2.33. The lowest BCUT2D eigenvalue weighted by Crippen LogP contribution is -2.16. The van der Waals surface area contributed by atoms with Crippen molar-refractivity contribution in [3.05, 3.63) is 54.5 Å². The third kappa shape index (κ3) is 3.32. The lowest BCUT2D eigenvalue weighted by molar-refractivity contribution is -0.274. The average Bonchev–Trinajstić information content (AvgIpc) is 2.89. The molecule has 3 nitrogen and oxygen atoms in total. The predicted octanol–water partition coefficient (Wildman–Crippen LogP) is 5.01. The van der Waals surface area contributed by atoms with Crippen LogP contribution < -0.4 is 4.74 Å². The van der Waals surface area contributed by atoms with E-state index in [9.17, 15) is 22.0 Å². The Labute approximate surface area is 133 Å². The summed E-state index contributed by atoms with van der Waals surface area (Å²) in [4.78, 5) is 3.91. The monoisotopic (exact) mass is 342 g/mol. The van der Waals surface area contributed by atoms with E-state index in [1.54, 1.807) is 12.1 Å². The van der Waals surface area contributed by atoms with Crippen molar-refractivity contribution in [1.82, 2.24) is 9.38 Å². The number of rotatable bonds is 3. The van der Waals surface area contributed by atoms with Gasteiger partial charge in [-0.05, 0) is 35.4 Å². The number of imidazole rings is 1. The maximum atomic E-state index is 13.6. The number of pyridine rings is 1. The van der Waals surface area contributed by atoms with Crippen molar-refractivity contribution < 1.29 is 26.7 Å². The topological polar surface area (TPSA) is 26.5 Å². The molecule has 0 bridgehead atoms. The minimum absolute atomic E-state index is 0.267. The summed E-state index contributed by atoms with van der Waals surface area (Å²) in [7, 11) is 0. The first-order chi connectivity index (χ1) is 11.1. The van der Waals surface area contributed by atoms with Gasteiger partial charge in [-0.2, -0.15) is 8.78 Å². The second kappa shape index (κ2) is 5.47. The minimum Gasteiger partial charge on any atom is -0.406 e. The predicted molar refractivity (Wildman–Crippen MR) is 76.9 cm³/mol. The smallest absolute Gasteiger partial charge is 0.406 e. The van der Waals surface area contributed by atoms with Gasteiger partial charge in [0.05, 0.1) is 6.20 Å². The van der Waals surface area contributed by atoms with Gasteiger partial charge in [0.15, 0.2) is 0 Å². The van der Waals surface area contributed by atoms with Crippen LogP contribution in [0.3, 0.4) is 0 Å². The summed E-state index contributed by atoms with van der Waals surface area (Å²) in [5.74, 6) is -3.42. The first kappa shape index (κ1) is 16.2. The van der Waals surface area contributed by atoms with Gasteiger partial charge in [-0.3, -0.25) is 4.40 Å². The molecule has 0 saturated heterocycles. The molecule has 0 N–H and O–H groups in total. The molecule has 8 heteroatoms. The Morgan fingerprint density at radius 3 is 2.12 bits per heavy atom. The van der Waals surface area contributed by atoms with Crippen molar-refractivity contribution >= 4 is 5.65 Å². The summed E-state index contributed by atoms with van der Waals surface area (Å²) in [6, 6.07) is 8.38. The molecule has 0 atom stereocenters. The van der Waals surface area contributed by atoms with E-state index in [1.807, 2.05) is 0 Å². The van der Waals surface area contributed by atoms with E-state index in [0.29, 0.717) is 16.8 Å². The number of hydrogen-bond acceptors (Lipinski definition) is 2. The van der Waals surface area contributed by atoms with Crippen molar-refractivity contribution in [3.8, 4) is 16.9 Å². The highest BCUT2D eigenvalue weighted by Crippen LogP contribution is 2.30. The molecule has 1 aromatic carbocycles. The molecule has 3 aromatic rings. The summed E-state index contributed by atoms with van der Waals surface area (Å²) >= 11 is 0. The van der Waals surface area contributed by atoms with Crippen LogP contribution in [0, 0.1) is 0 Å². The average molecular weight is 342 g/mol. The largest absolute Gasteiger partial charge is 0.573 e. The van der Waals surface area contributed by atoms with Crippen LogP contribution in [-0.4, -0.2) is 15.7 Å². The van der Waals surface area contributed by atoms with E-state index in [0.717, 1.165) is 25.3 Å². The molecule has 0 radical (unpaired) electrons. The van der Waals surface area contributed by atoms with Gasteiger partial charge in [0.2, 0.25) is 0 Å². The maximum absolute atomic E-state index is 13.6. The molecule has 24 heavy (non-hydrogen) atoms. The van der Waals surface area contributed by atoms with E-state index >= 15 is 0 Å². The van der Waals surface area contributed by atoms with E-state index in [4.69, 9.17) is 0 Å². The van der Waals surface area contributed by atoms with Crippen LogP contribution in [0.15, 0.2) is 48.8 Å². The summed E-state index contributed by atoms with van der Waals surface area (Å²) in [5, 5.41) is 0. The number of hydrogen-bond donors (Lipinski definition) is 0. The molecule has 0 aliphatic carbocycles. The number of ether oxygens (including phenoxy) is 1. The molecule has 0 unspecified atom stereocenters. The van der Waals surface area contributed by atoms with Gasteiger partial charge in [-0.1, -0.05) is 12.1 Å². The molecule has 0 amide bonds. The second-order valence-electron chi connectivity index (χ2n) is 5.25. The quantitative estimate of drug-likeness (QED) is 0.626. The summed E-state index contributed by atoms with van der Waals surface area (Å²) in [6.45, 7) is 0.770. The summed E-state index contributed by atoms with van der Waals surface area (Å²) < 4.78 is 68.7. The molecule has 126 valence electrons. The standard InChI is InChI=1S/C16H11F5N2O/c1-15(17,18)13-8-22-14-7-4-11(9-23(13)14)10-2-5-12(6-3-10)24-16(19,20)21/h2-9H,1H3. The van der Waals surface area contributed by atoms with E-state index in [-0.39, 0.29) is 11.4 Å². The number of fused-ring (bicyclic) bond motifs is 1. The Hall–Kier alpha value is -2.64. The zero-order valence-electron chi connectivity index (χ0n) is 12.3. The molecular weight excluding hydrogens is 331 g/mol. The highest BCUT2D eigenvalue weighted by molar-refractivity contribution is 5.65. The highest BCUT2D eigenvalue weighted by Gasteiger charge is 2.31. The van der Waals surface area contributed by atoms with Crippen LogP contribution >= 0.6 is 0 Å². The first-order valence-corrected chi connectivity index (χ1v) is 6.85. The van der Waals surface area contributed by atoms with Gasteiger partial charge in [0, 0.05) is 13.1 Å². The van der Waals surface area contributed by atoms with Crippen LogP contribution in [0.25, 0.3) is 16.8 Å². The van der Waals surface area contributed by atoms with Gasteiger partial charge in [-0.15, -0.1) is 13.2 Å². The summed E-state index contributed by atoms with van der Waals surface area (Å²) in [5.41, 5.74) is 1.21. The number of halogens is 5. The van der Waals surface area contributed by atoms with Crippen molar-refractivity contribution in [2.24, 2.45) is 0 Å². The molecule has 0 fully saturated rings. The number of aromatic nitrogens is 2. The molecule has 2 heterocycles. The van der Waals surface area contributed by atoms with Gasteiger partial charge < -0.3 is 4.74 Å². The lowest BCUT2D eigenvalue weighted by Gasteiger charge is -2.11. The SMILES string of the molecule is CC(F)(F)c1cnc2ccc(-c3ccc(OC(F)(F)F)cc3)cn12. The zero-order chi connectivity index (χ0) is 17.5. The molecule has 3 rings (SSSR count). The maximum Gasteiger partial charge on any atom is 0.573 e. The Morgan fingerprint density at radius 1 is 0.917 bits per heavy atom. The fraction of sp³-hybridized carbons (Fsp3) is 0.188. The van der Waals surface area contributed by atoms with E-state index in [1.165, 1.54) is 22.7 Å².